The van der Waals surface area contributed by atoms with E-state index in [2.05, 4.69) is 6.92 Å². The fourth-order valence-electron chi connectivity index (χ4n) is 1.88. The van der Waals surface area contributed by atoms with Gasteiger partial charge in [0, 0.05) is 0 Å². The van der Waals surface area contributed by atoms with Crippen molar-refractivity contribution >= 4 is 5.97 Å². The Bertz CT molecular complexity index is 157. The van der Waals surface area contributed by atoms with Crippen molar-refractivity contribution in [1.29, 1.82) is 0 Å². The normalized spacial score (nSPS) is 36.3. The third-order valence-corrected chi connectivity index (χ3v) is 2.23. The molecule has 1 N–H and O–H groups in total. The first-order valence-electron chi connectivity index (χ1n) is 4.45. The number of rotatable bonds is 2. The summed E-state index contributed by atoms with van der Waals surface area (Å²) in [6.07, 6.45) is 2.24. The second-order valence-corrected chi connectivity index (χ2v) is 3.74. The lowest BCUT2D eigenvalue weighted by Crippen LogP contribution is -2.31. The first-order valence-corrected chi connectivity index (χ1v) is 4.45. The second kappa shape index (κ2) is 3.90. The van der Waals surface area contributed by atoms with Crippen LogP contribution in [0, 0.1) is 5.92 Å². The fraction of sp³-hybridized carbons (Fsp3) is 0.889. The van der Waals surface area contributed by atoms with Crippen LogP contribution >= 0.6 is 0 Å². The van der Waals surface area contributed by atoms with Crippen LogP contribution in [0.2, 0.25) is 0 Å². The topological polar surface area (TPSA) is 46.5 Å². The minimum Gasteiger partial charge on any atom is -0.481 e. The third-order valence-electron chi connectivity index (χ3n) is 2.23. The molecule has 1 heterocycles. The lowest BCUT2D eigenvalue weighted by atomic mass is 9.93. The maximum atomic E-state index is 10.4. The van der Waals surface area contributed by atoms with Crippen LogP contribution in [0.15, 0.2) is 0 Å². The van der Waals surface area contributed by atoms with E-state index in [-0.39, 0.29) is 18.6 Å². The Morgan fingerprint density at radius 1 is 1.50 bits per heavy atom. The van der Waals surface area contributed by atoms with Gasteiger partial charge in [-0.3, -0.25) is 4.79 Å². The fourth-order valence-corrected chi connectivity index (χ4v) is 1.88. The molecule has 3 nitrogen and oxygen atoms in total. The van der Waals surface area contributed by atoms with E-state index in [1.165, 1.54) is 0 Å². The summed E-state index contributed by atoms with van der Waals surface area (Å²) in [5, 5.41) is 8.56. The van der Waals surface area contributed by atoms with Gasteiger partial charge in [-0.05, 0) is 25.7 Å². The highest BCUT2D eigenvalue weighted by molar-refractivity contribution is 5.67. The van der Waals surface area contributed by atoms with E-state index in [0.717, 1.165) is 12.8 Å². The van der Waals surface area contributed by atoms with Crippen molar-refractivity contribution in [2.45, 2.75) is 45.3 Å². The molecule has 0 aromatic heterocycles. The standard InChI is InChI=1S/C9H16O3/c1-6-3-7(2)12-8(4-6)5-9(10)11/h6-8H,3-5H2,1-2H3,(H,10,11). The lowest BCUT2D eigenvalue weighted by molar-refractivity contribution is -0.143. The van der Waals surface area contributed by atoms with Crippen molar-refractivity contribution in [3.63, 3.8) is 0 Å². The second-order valence-electron chi connectivity index (χ2n) is 3.74. The largest absolute Gasteiger partial charge is 0.481 e. The van der Waals surface area contributed by atoms with E-state index in [1.807, 2.05) is 6.92 Å². The van der Waals surface area contributed by atoms with Gasteiger partial charge in [-0.15, -0.1) is 0 Å². The zero-order chi connectivity index (χ0) is 9.14. The lowest BCUT2D eigenvalue weighted by Gasteiger charge is -2.31. The summed E-state index contributed by atoms with van der Waals surface area (Å²) in [5.41, 5.74) is 0. The Morgan fingerprint density at radius 2 is 2.17 bits per heavy atom. The molecule has 1 rings (SSSR count). The van der Waals surface area contributed by atoms with E-state index in [4.69, 9.17) is 9.84 Å². The SMILES string of the molecule is CC1CC(C)OC(CC(=O)O)C1. The minimum absolute atomic E-state index is 0.0683. The van der Waals surface area contributed by atoms with Gasteiger partial charge < -0.3 is 9.84 Å². The van der Waals surface area contributed by atoms with Crippen molar-refractivity contribution in [3.05, 3.63) is 0 Å². The Labute approximate surface area is 72.7 Å². The summed E-state index contributed by atoms with van der Waals surface area (Å²) in [7, 11) is 0. The number of carboxylic acids is 1. The number of ether oxygens (including phenoxy) is 1. The van der Waals surface area contributed by atoms with E-state index >= 15 is 0 Å². The van der Waals surface area contributed by atoms with Gasteiger partial charge in [0.15, 0.2) is 0 Å². The highest BCUT2D eigenvalue weighted by atomic mass is 16.5. The Kier molecular flexibility index (Phi) is 3.09. The van der Waals surface area contributed by atoms with Gasteiger partial charge >= 0.3 is 5.97 Å². The van der Waals surface area contributed by atoms with Gasteiger partial charge in [0.1, 0.15) is 0 Å². The van der Waals surface area contributed by atoms with E-state index < -0.39 is 5.97 Å². The van der Waals surface area contributed by atoms with Gasteiger partial charge in [0.05, 0.1) is 18.6 Å². The molecule has 0 aliphatic carbocycles. The predicted molar refractivity (Wildman–Crippen MR) is 45.0 cm³/mol. The summed E-state index contributed by atoms with van der Waals surface area (Å²) in [6.45, 7) is 4.15. The summed E-state index contributed by atoms with van der Waals surface area (Å²) in [4.78, 5) is 10.4. The minimum atomic E-state index is -0.763. The summed E-state index contributed by atoms with van der Waals surface area (Å²) >= 11 is 0. The number of carbonyl (C=O) groups is 1. The smallest absolute Gasteiger partial charge is 0.305 e. The molecule has 1 aliphatic heterocycles. The maximum absolute atomic E-state index is 10.4. The summed E-state index contributed by atoms with van der Waals surface area (Å²) < 4.78 is 5.49. The molecule has 3 atom stereocenters. The monoisotopic (exact) mass is 172 g/mol. The van der Waals surface area contributed by atoms with Crippen LogP contribution in [0.5, 0.6) is 0 Å². The molecule has 0 aromatic carbocycles. The van der Waals surface area contributed by atoms with Gasteiger partial charge in [-0.25, -0.2) is 0 Å². The molecule has 0 spiro atoms. The van der Waals surface area contributed by atoms with Crippen molar-refractivity contribution in [2.75, 3.05) is 0 Å². The molecular formula is C9H16O3. The van der Waals surface area contributed by atoms with E-state index in [9.17, 15) is 4.79 Å². The van der Waals surface area contributed by atoms with Crippen molar-refractivity contribution in [2.24, 2.45) is 5.92 Å². The molecule has 0 bridgehead atoms. The van der Waals surface area contributed by atoms with Crippen LogP contribution in [-0.4, -0.2) is 23.3 Å². The summed E-state index contributed by atoms with van der Waals surface area (Å²) in [6, 6.07) is 0. The van der Waals surface area contributed by atoms with Crippen LogP contribution in [0.4, 0.5) is 0 Å². The number of hydrogen-bond donors (Lipinski definition) is 1. The van der Waals surface area contributed by atoms with Gasteiger partial charge in [0.25, 0.3) is 0 Å². The Hall–Kier alpha value is -0.570. The number of aliphatic carboxylic acids is 1. The average molecular weight is 172 g/mol. The van der Waals surface area contributed by atoms with Gasteiger partial charge in [0.2, 0.25) is 0 Å². The molecule has 1 aliphatic rings. The third kappa shape index (κ3) is 2.81. The molecule has 1 fully saturated rings. The highest BCUT2D eigenvalue weighted by Gasteiger charge is 2.25. The molecule has 0 radical (unpaired) electrons. The molecule has 3 unspecified atom stereocenters. The quantitative estimate of drug-likeness (QED) is 0.689. The highest BCUT2D eigenvalue weighted by Crippen LogP contribution is 2.25. The Balaban J connectivity index is 2.38. The van der Waals surface area contributed by atoms with Crippen molar-refractivity contribution in [1.82, 2.24) is 0 Å². The zero-order valence-corrected chi connectivity index (χ0v) is 7.62. The average Bonchev–Trinajstić information content (AvgIpc) is 1.81. The van der Waals surface area contributed by atoms with Crippen LogP contribution < -0.4 is 0 Å². The molecule has 3 heteroatoms. The van der Waals surface area contributed by atoms with Crippen LogP contribution in [0.3, 0.4) is 0 Å². The van der Waals surface area contributed by atoms with Gasteiger partial charge in [-0.2, -0.15) is 0 Å². The molecule has 0 saturated carbocycles. The molecule has 12 heavy (non-hydrogen) atoms. The number of carboxylic acid groups (broad SMARTS) is 1. The molecule has 0 amide bonds. The van der Waals surface area contributed by atoms with Crippen LogP contribution in [0.25, 0.3) is 0 Å². The molecule has 0 aromatic rings. The van der Waals surface area contributed by atoms with Crippen molar-refractivity contribution < 1.29 is 14.6 Å². The first-order chi connectivity index (χ1) is 5.58. The van der Waals surface area contributed by atoms with E-state index in [1.54, 1.807) is 0 Å². The van der Waals surface area contributed by atoms with Crippen LogP contribution in [0.1, 0.15) is 33.1 Å². The van der Waals surface area contributed by atoms with E-state index in [0.29, 0.717) is 5.92 Å². The van der Waals surface area contributed by atoms with Crippen LogP contribution in [-0.2, 0) is 9.53 Å². The first kappa shape index (κ1) is 9.52. The number of hydrogen-bond acceptors (Lipinski definition) is 2. The molecule has 1 saturated heterocycles. The summed E-state index contributed by atoms with van der Waals surface area (Å²) in [5.74, 6) is -0.167. The molecule has 70 valence electrons. The van der Waals surface area contributed by atoms with Gasteiger partial charge in [-0.1, -0.05) is 6.92 Å². The Morgan fingerprint density at radius 3 is 2.67 bits per heavy atom. The zero-order valence-electron chi connectivity index (χ0n) is 7.62. The van der Waals surface area contributed by atoms with Crippen molar-refractivity contribution in [3.8, 4) is 0 Å². The molecular weight excluding hydrogens is 156 g/mol. The predicted octanol–water partition coefficient (Wildman–Crippen LogP) is 1.66. The maximum Gasteiger partial charge on any atom is 0.305 e.